The number of nitrogens with one attached hydrogen (secondary N) is 1. The lowest BCUT2D eigenvalue weighted by atomic mass is 10.1. The van der Waals surface area contributed by atoms with Gasteiger partial charge in [0.15, 0.2) is 11.4 Å². The predicted molar refractivity (Wildman–Crippen MR) is 71.0 cm³/mol. The standard InChI is InChI=1S/C11H12ClN3OS/c1-17-11(15-7-13)14-6-10(16)8-4-2-3-5-9(8)12/h2-5,10,16H,6H2,1H3,(H,14,15). The van der Waals surface area contributed by atoms with Crippen molar-refractivity contribution in [3.05, 3.63) is 34.9 Å². The van der Waals surface area contributed by atoms with Gasteiger partial charge in [-0.1, -0.05) is 41.6 Å². The summed E-state index contributed by atoms with van der Waals surface area (Å²) in [5, 5.41) is 21.8. The molecular weight excluding hydrogens is 258 g/mol. The van der Waals surface area contributed by atoms with Gasteiger partial charge in [0, 0.05) is 10.6 Å². The summed E-state index contributed by atoms with van der Waals surface area (Å²) < 4.78 is 0. The minimum atomic E-state index is -0.772. The molecule has 0 aromatic heterocycles. The van der Waals surface area contributed by atoms with E-state index in [-0.39, 0.29) is 6.54 Å². The smallest absolute Gasteiger partial charge is 0.183 e. The van der Waals surface area contributed by atoms with Crippen LogP contribution in [-0.2, 0) is 0 Å². The molecule has 0 heterocycles. The van der Waals surface area contributed by atoms with Crippen LogP contribution in [0.4, 0.5) is 0 Å². The molecule has 90 valence electrons. The van der Waals surface area contributed by atoms with Gasteiger partial charge in [0.05, 0.1) is 6.54 Å². The van der Waals surface area contributed by atoms with Crippen LogP contribution < -0.4 is 5.32 Å². The van der Waals surface area contributed by atoms with Crippen molar-refractivity contribution in [3.8, 4) is 6.19 Å². The molecule has 4 nitrogen and oxygen atoms in total. The van der Waals surface area contributed by atoms with E-state index in [1.54, 1.807) is 36.7 Å². The van der Waals surface area contributed by atoms with Crippen molar-refractivity contribution in [3.63, 3.8) is 0 Å². The van der Waals surface area contributed by atoms with E-state index in [0.717, 1.165) is 0 Å². The average molecular weight is 270 g/mol. The van der Waals surface area contributed by atoms with Crippen LogP contribution >= 0.6 is 23.4 Å². The summed E-state index contributed by atoms with van der Waals surface area (Å²) in [7, 11) is 0. The highest BCUT2D eigenvalue weighted by Gasteiger charge is 2.10. The SMILES string of the molecule is CSC(=NCC(O)c1ccccc1Cl)NC#N. The summed E-state index contributed by atoms with van der Waals surface area (Å²) in [6.07, 6.45) is 2.81. The van der Waals surface area contributed by atoms with Gasteiger partial charge in [0.25, 0.3) is 0 Å². The van der Waals surface area contributed by atoms with Crippen LogP contribution in [0.3, 0.4) is 0 Å². The first-order valence-corrected chi connectivity index (χ1v) is 6.45. The number of aliphatic hydroxyl groups is 1. The number of nitrogens with zero attached hydrogens (tertiary/aromatic N) is 2. The molecule has 0 aliphatic rings. The monoisotopic (exact) mass is 269 g/mol. The molecule has 0 radical (unpaired) electrons. The van der Waals surface area contributed by atoms with Gasteiger partial charge in [-0.25, -0.2) is 0 Å². The summed E-state index contributed by atoms with van der Waals surface area (Å²) >= 11 is 7.26. The molecule has 0 aliphatic heterocycles. The fraction of sp³-hybridized carbons (Fsp3) is 0.273. The molecule has 0 saturated carbocycles. The Bertz CT molecular complexity index is 445. The molecule has 0 bridgehead atoms. The molecule has 1 aromatic carbocycles. The summed E-state index contributed by atoms with van der Waals surface area (Å²) in [6.45, 7) is 0.161. The Morgan fingerprint density at radius 1 is 1.65 bits per heavy atom. The van der Waals surface area contributed by atoms with Gasteiger partial charge in [-0.15, -0.1) is 0 Å². The van der Waals surface area contributed by atoms with Gasteiger partial charge in [-0.2, -0.15) is 5.26 Å². The fourth-order valence-corrected chi connectivity index (χ4v) is 1.83. The highest BCUT2D eigenvalue weighted by atomic mass is 35.5. The number of rotatable bonds is 3. The third-order valence-electron chi connectivity index (χ3n) is 2.03. The van der Waals surface area contributed by atoms with Crippen molar-refractivity contribution < 1.29 is 5.11 Å². The van der Waals surface area contributed by atoms with Crippen LogP contribution in [0.2, 0.25) is 5.02 Å². The molecule has 6 heteroatoms. The van der Waals surface area contributed by atoms with Crippen LogP contribution in [0.15, 0.2) is 29.3 Å². The minimum Gasteiger partial charge on any atom is -0.386 e. The topological polar surface area (TPSA) is 68.4 Å². The Morgan fingerprint density at radius 3 is 2.94 bits per heavy atom. The maximum absolute atomic E-state index is 9.90. The molecule has 0 fully saturated rings. The second kappa shape index (κ2) is 7.17. The largest absolute Gasteiger partial charge is 0.386 e. The molecule has 2 N–H and O–H groups in total. The number of nitriles is 1. The molecule has 0 amide bonds. The molecule has 0 spiro atoms. The Hall–Kier alpha value is -1.22. The molecule has 1 rings (SSSR count). The summed E-state index contributed by atoms with van der Waals surface area (Å²) in [5.74, 6) is 0. The van der Waals surface area contributed by atoms with Crippen molar-refractivity contribution in [1.29, 1.82) is 5.26 Å². The van der Waals surface area contributed by atoms with Crippen molar-refractivity contribution in [2.75, 3.05) is 12.8 Å². The molecular formula is C11H12ClN3OS. The van der Waals surface area contributed by atoms with Crippen molar-refractivity contribution in [1.82, 2.24) is 5.32 Å². The van der Waals surface area contributed by atoms with Crippen LogP contribution in [0.1, 0.15) is 11.7 Å². The highest BCUT2D eigenvalue weighted by molar-refractivity contribution is 8.13. The van der Waals surface area contributed by atoms with Gasteiger partial charge in [-0.05, 0) is 12.3 Å². The zero-order valence-electron chi connectivity index (χ0n) is 9.22. The van der Waals surface area contributed by atoms with Crippen molar-refractivity contribution >= 4 is 28.5 Å². The van der Waals surface area contributed by atoms with E-state index in [1.807, 2.05) is 0 Å². The van der Waals surface area contributed by atoms with E-state index in [2.05, 4.69) is 10.3 Å². The van der Waals surface area contributed by atoms with E-state index < -0.39 is 6.10 Å². The fourth-order valence-electron chi connectivity index (χ4n) is 1.22. The Morgan fingerprint density at radius 2 is 2.35 bits per heavy atom. The molecule has 1 unspecified atom stereocenters. The van der Waals surface area contributed by atoms with Crippen molar-refractivity contribution in [2.24, 2.45) is 4.99 Å². The Balaban J connectivity index is 2.70. The number of thioether (sulfide) groups is 1. The van der Waals surface area contributed by atoms with E-state index in [4.69, 9.17) is 16.9 Å². The van der Waals surface area contributed by atoms with Crippen LogP contribution in [-0.4, -0.2) is 23.1 Å². The first kappa shape index (κ1) is 13.8. The predicted octanol–water partition coefficient (Wildman–Crippen LogP) is 2.16. The Labute approximate surface area is 109 Å². The molecule has 0 aliphatic carbocycles. The van der Waals surface area contributed by atoms with Gasteiger partial charge in [-0.3, -0.25) is 10.3 Å². The van der Waals surface area contributed by atoms with E-state index in [1.165, 1.54) is 11.8 Å². The van der Waals surface area contributed by atoms with Gasteiger partial charge in [0.2, 0.25) is 0 Å². The normalized spacial score (nSPS) is 12.9. The van der Waals surface area contributed by atoms with E-state index in [9.17, 15) is 5.11 Å². The summed E-state index contributed by atoms with van der Waals surface area (Å²) in [4.78, 5) is 4.09. The zero-order valence-corrected chi connectivity index (χ0v) is 10.8. The average Bonchev–Trinajstić information content (AvgIpc) is 2.34. The number of hydrogen-bond acceptors (Lipinski definition) is 4. The number of benzene rings is 1. The van der Waals surface area contributed by atoms with Crippen LogP contribution in [0.5, 0.6) is 0 Å². The van der Waals surface area contributed by atoms with Gasteiger partial charge >= 0.3 is 0 Å². The highest BCUT2D eigenvalue weighted by Crippen LogP contribution is 2.22. The van der Waals surface area contributed by atoms with Gasteiger partial charge in [0.1, 0.15) is 6.10 Å². The third-order valence-corrected chi connectivity index (χ3v) is 2.99. The quantitative estimate of drug-likeness (QED) is 0.382. The minimum absolute atomic E-state index is 0.161. The second-order valence-electron chi connectivity index (χ2n) is 3.12. The number of aliphatic hydroxyl groups excluding tert-OH is 1. The number of hydrogen-bond donors (Lipinski definition) is 2. The number of aliphatic imine (C=N–C) groups is 1. The van der Waals surface area contributed by atoms with E-state index >= 15 is 0 Å². The maximum atomic E-state index is 9.90. The lowest BCUT2D eigenvalue weighted by Crippen LogP contribution is -2.15. The summed E-state index contributed by atoms with van der Waals surface area (Å²) in [5.41, 5.74) is 0.635. The summed E-state index contributed by atoms with van der Waals surface area (Å²) in [6, 6.07) is 7.06. The third kappa shape index (κ3) is 4.27. The van der Waals surface area contributed by atoms with Crippen molar-refractivity contribution in [2.45, 2.75) is 6.10 Å². The van der Waals surface area contributed by atoms with Crippen LogP contribution in [0.25, 0.3) is 0 Å². The van der Waals surface area contributed by atoms with Crippen LogP contribution in [0, 0.1) is 11.5 Å². The Kier molecular flexibility index (Phi) is 5.84. The molecule has 1 aromatic rings. The first-order valence-electron chi connectivity index (χ1n) is 4.85. The van der Waals surface area contributed by atoms with Gasteiger partial charge < -0.3 is 5.11 Å². The lowest BCUT2D eigenvalue weighted by molar-refractivity contribution is 0.187. The molecule has 17 heavy (non-hydrogen) atoms. The lowest BCUT2D eigenvalue weighted by Gasteiger charge is -2.10. The first-order chi connectivity index (χ1) is 8.19. The maximum Gasteiger partial charge on any atom is 0.183 e. The molecule has 0 saturated heterocycles. The molecule has 1 atom stereocenters. The zero-order chi connectivity index (χ0) is 12.7. The number of amidine groups is 1. The number of halogens is 1. The second-order valence-corrected chi connectivity index (χ2v) is 4.33. The van der Waals surface area contributed by atoms with E-state index in [0.29, 0.717) is 15.8 Å².